The quantitative estimate of drug-likeness (QED) is 0.450. The fraction of sp³-hybridized carbons (Fsp3) is 1.00. The van der Waals surface area contributed by atoms with Gasteiger partial charge in [0.05, 0.1) is 0 Å². The van der Waals surface area contributed by atoms with Gasteiger partial charge in [-0.1, -0.05) is 6.92 Å². The van der Waals surface area contributed by atoms with Gasteiger partial charge in [-0.2, -0.15) is 0 Å². The second-order valence-corrected chi connectivity index (χ2v) is 2.29. The van der Waals surface area contributed by atoms with Gasteiger partial charge in [0.2, 0.25) is 0 Å². The van der Waals surface area contributed by atoms with Gasteiger partial charge in [0.1, 0.15) is 0 Å². The molecule has 0 aromatic rings. The van der Waals surface area contributed by atoms with Gasteiger partial charge < -0.3 is 10.0 Å². The molecule has 0 aromatic heterocycles. The first-order chi connectivity index (χ1) is 3.22. The number of hydrogen-bond donors (Lipinski definition) is 2. The van der Waals surface area contributed by atoms with Crippen molar-refractivity contribution in [3.8, 4) is 0 Å². The lowest BCUT2D eigenvalue weighted by molar-refractivity contribution is 0.401. The minimum absolute atomic E-state index is 0.181. The molecule has 1 rings (SSSR count). The molecule has 1 aliphatic rings. The lowest BCUT2D eigenvalue weighted by Gasteiger charge is -1.88. The lowest BCUT2D eigenvalue weighted by Crippen LogP contribution is -2.10. The molecule has 1 aliphatic carbocycles. The average Bonchev–Trinajstić information content (AvgIpc) is 2.17. The molecule has 0 heterocycles. The maximum Gasteiger partial charge on any atom is 0.455 e. The average molecular weight is 99.9 g/mol. The van der Waals surface area contributed by atoms with Crippen LogP contribution in [0.5, 0.6) is 0 Å². The van der Waals surface area contributed by atoms with Gasteiger partial charge in [-0.25, -0.2) is 0 Å². The molecule has 0 unspecified atom stereocenters. The van der Waals surface area contributed by atoms with E-state index in [2.05, 4.69) is 0 Å². The third-order valence-corrected chi connectivity index (χ3v) is 1.55. The molecular formula is C4H9BO2. The van der Waals surface area contributed by atoms with E-state index in [1.165, 1.54) is 0 Å². The summed E-state index contributed by atoms with van der Waals surface area (Å²) in [6.07, 6.45) is 0.984. The molecule has 2 atom stereocenters. The van der Waals surface area contributed by atoms with Crippen LogP contribution in [0.15, 0.2) is 0 Å². The van der Waals surface area contributed by atoms with Gasteiger partial charge in [-0.3, -0.25) is 0 Å². The van der Waals surface area contributed by atoms with Gasteiger partial charge in [-0.15, -0.1) is 0 Å². The summed E-state index contributed by atoms with van der Waals surface area (Å²) in [6, 6.07) is 0. The smallest absolute Gasteiger partial charge is 0.427 e. The molecule has 0 aliphatic heterocycles. The van der Waals surface area contributed by atoms with Crippen molar-refractivity contribution in [3.05, 3.63) is 0 Å². The predicted octanol–water partition coefficient (Wildman–Crippen LogP) is -0.131. The second-order valence-electron chi connectivity index (χ2n) is 2.29. The molecule has 0 spiro atoms. The Labute approximate surface area is 43.3 Å². The van der Waals surface area contributed by atoms with Crippen molar-refractivity contribution >= 4 is 7.12 Å². The Morgan fingerprint density at radius 3 is 2.00 bits per heavy atom. The van der Waals surface area contributed by atoms with Crippen LogP contribution < -0.4 is 0 Å². The van der Waals surface area contributed by atoms with Crippen LogP contribution in [-0.2, 0) is 0 Å². The highest BCUT2D eigenvalue weighted by molar-refractivity contribution is 6.44. The highest BCUT2D eigenvalue weighted by Crippen LogP contribution is 2.44. The zero-order valence-electron chi connectivity index (χ0n) is 4.33. The van der Waals surface area contributed by atoms with E-state index < -0.39 is 7.12 Å². The Morgan fingerprint density at radius 1 is 1.57 bits per heavy atom. The molecule has 40 valence electrons. The molecule has 3 heteroatoms. The fourth-order valence-corrected chi connectivity index (χ4v) is 0.766. The van der Waals surface area contributed by atoms with Crippen LogP contribution >= 0.6 is 0 Å². The molecule has 0 radical (unpaired) electrons. The zero-order valence-corrected chi connectivity index (χ0v) is 4.33. The van der Waals surface area contributed by atoms with Crippen LogP contribution in [0.25, 0.3) is 0 Å². The molecule has 1 fully saturated rings. The van der Waals surface area contributed by atoms with Crippen LogP contribution in [-0.4, -0.2) is 17.2 Å². The van der Waals surface area contributed by atoms with Crippen molar-refractivity contribution in [2.24, 2.45) is 5.92 Å². The summed E-state index contributed by atoms with van der Waals surface area (Å²) in [5.74, 6) is 0.722. The summed E-state index contributed by atoms with van der Waals surface area (Å²) in [5, 5.41) is 16.8. The van der Waals surface area contributed by atoms with E-state index >= 15 is 0 Å². The van der Waals surface area contributed by atoms with E-state index in [1.54, 1.807) is 0 Å². The normalized spacial score (nSPS) is 38.1. The summed E-state index contributed by atoms with van der Waals surface area (Å²) in [4.78, 5) is 0. The van der Waals surface area contributed by atoms with Crippen LogP contribution in [0.1, 0.15) is 13.3 Å². The summed E-state index contributed by atoms with van der Waals surface area (Å²) in [7, 11) is -1.06. The van der Waals surface area contributed by atoms with Crippen molar-refractivity contribution in [3.63, 3.8) is 0 Å². The monoisotopic (exact) mass is 100 g/mol. The molecule has 2 nitrogen and oxygen atoms in total. The van der Waals surface area contributed by atoms with Crippen LogP contribution in [0.3, 0.4) is 0 Å². The van der Waals surface area contributed by atoms with Gasteiger partial charge in [0.25, 0.3) is 0 Å². The van der Waals surface area contributed by atoms with E-state index in [1.807, 2.05) is 6.92 Å². The summed E-state index contributed by atoms with van der Waals surface area (Å²) in [5.41, 5.74) is 0. The van der Waals surface area contributed by atoms with Gasteiger partial charge in [0.15, 0.2) is 0 Å². The Bertz CT molecular complexity index is 74.1. The predicted molar refractivity (Wildman–Crippen MR) is 27.7 cm³/mol. The van der Waals surface area contributed by atoms with Gasteiger partial charge >= 0.3 is 7.12 Å². The standard InChI is InChI=1S/C4H9BO2/c1-3-2-4(3)5(6)7/h3-4,6-7H,2H2,1H3/t3-,4-/m0/s1. The Morgan fingerprint density at radius 2 is 2.00 bits per heavy atom. The SMILES string of the molecule is C[C@H]1C[C@@H]1B(O)O. The Kier molecular flexibility index (Phi) is 1.09. The highest BCUT2D eigenvalue weighted by atomic mass is 16.4. The molecular weight excluding hydrogens is 90.9 g/mol. The molecule has 0 saturated heterocycles. The first-order valence-electron chi connectivity index (χ1n) is 2.58. The lowest BCUT2D eigenvalue weighted by atomic mass is 9.82. The van der Waals surface area contributed by atoms with E-state index in [0.29, 0.717) is 5.92 Å². The highest BCUT2D eigenvalue weighted by Gasteiger charge is 2.41. The fourth-order valence-electron chi connectivity index (χ4n) is 0.766. The second kappa shape index (κ2) is 1.49. The van der Waals surface area contributed by atoms with Crippen LogP contribution in [0.4, 0.5) is 0 Å². The molecule has 7 heavy (non-hydrogen) atoms. The van der Waals surface area contributed by atoms with E-state index in [0.717, 1.165) is 6.42 Å². The zero-order chi connectivity index (χ0) is 5.44. The minimum atomic E-state index is -1.06. The first-order valence-corrected chi connectivity index (χ1v) is 2.58. The van der Waals surface area contributed by atoms with Crippen molar-refractivity contribution in [2.45, 2.75) is 19.2 Å². The Balaban J connectivity index is 2.20. The molecule has 0 amide bonds. The first kappa shape index (κ1) is 5.13. The van der Waals surface area contributed by atoms with Crippen molar-refractivity contribution < 1.29 is 10.0 Å². The summed E-state index contributed by atoms with van der Waals surface area (Å²) in [6.45, 7) is 2.02. The van der Waals surface area contributed by atoms with Gasteiger partial charge in [-0.05, 0) is 18.2 Å². The molecule has 0 aromatic carbocycles. The Hall–Kier alpha value is -0.0151. The van der Waals surface area contributed by atoms with E-state index in [9.17, 15) is 0 Å². The van der Waals surface area contributed by atoms with Gasteiger partial charge in [0, 0.05) is 0 Å². The van der Waals surface area contributed by atoms with Crippen LogP contribution in [0.2, 0.25) is 5.82 Å². The maximum absolute atomic E-state index is 8.42. The third-order valence-electron chi connectivity index (χ3n) is 1.55. The molecule has 1 saturated carbocycles. The molecule has 0 bridgehead atoms. The largest absolute Gasteiger partial charge is 0.455 e. The topological polar surface area (TPSA) is 40.5 Å². The molecule has 2 N–H and O–H groups in total. The van der Waals surface area contributed by atoms with E-state index in [4.69, 9.17) is 10.0 Å². The van der Waals surface area contributed by atoms with Crippen molar-refractivity contribution in [2.75, 3.05) is 0 Å². The van der Waals surface area contributed by atoms with E-state index in [-0.39, 0.29) is 5.82 Å². The van der Waals surface area contributed by atoms with Crippen molar-refractivity contribution in [1.82, 2.24) is 0 Å². The van der Waals surface area contributed by atoms with Crippen molar-refractivity contribution in [1.29, 1.82) is 0 Å². The maximum atomic E-state index is 8.42. The third kappa shape index (κ3) is 0.953. The summed E-state index contributed by atoms with van der Waals surface area (Å²) >= 11 is 0. The number of hydrogen-bond acceptors (Lipinski definition) is 2. The number of rotatable bonds is 1. The minimum Gasteiger partial charge on any atom is -0.427 e. The summed E-state index contributed by atoms with van der Waals surface area (Å²) < 4.78 is 0. The van der Waals surface area contributed by atoms with Crippen LogP contribution in [0, 0.1) is 5.92 Å².